The Labute approximate surface area is 82.7 Å². The number of hydrogen-bond donors (Lipinski definition) is 1. The first-order valence-electron chi connectivity index (χ1n) is 3.55. The van der Waals surface area contributed by atoms with Gasteiger partial charge in [0.2, 0.25) is 0 Å². The van der Waals surface area contributed by atoms with Crippen molar-refractivity contribution in [1.29, 1.82) is 0 Å². The molecule has 0 fully saturated rings. The summed E-state index contributed by atoms with van der Waals surface area (Å²) in [4.78, 5) is 22.9. The fraction of sp³-hybridized carbons (Fsp3) is 0. The third kappa shape index (κ3) is 1.71. The maximum Gasteiger partial charge on any atom is 0.259 e. The molecule has 0 aliphatic carbocycles. The molecule has 0 aromatic heterocycles. The van der Waals surface area contributed by atoms with Crippen molar-refractivity contribution < 1.29 is 9.59 Å². The Balaban J connectivity index is 2.30. The van der Waals surface area contributed by atoms with Gasteiger partial charge in [-0.1, -0.05) is 27.7 Å². The smallest absolute Gasteiger partial charge is 0.259 e. The second-order valence-electron chi connectivity index (χ2n) is 2.42. The molecular formula is C8H5NO2S2. The van der Waals surface area contributed by atoms with Crippen molar-refractivity contribution in [2.45, 2.75) is 0 Å². The molecule has 5 heteroatoms. The van der Waals surface area contributed by atoms with Crippen molar-refractivity contribution >= 4 is 33.4 Å². The van der Waals surface area contributed by atoms with Crippen LogP contribution in [0.3, 0.4) is 0 Å². The average molecular weight is 211 g/mol. The van der Waals surface area contributed by atoms with E-state index in [1.165, 1.54) is 27.7 Å². The Morgan fingerprint density at radius 1 is 1.31 bits per heavy atom. The maximum absolute atomic E-state index is 11.2. The second-order valence-corrected chi connectivity index (χ2v) is 4.56. The normalized spacial score (nSPS) is 21.2. The van der Waals surface area contributed by atoms with Crippen molar-refractivity contribution in [3.63, 3.8) is 0 Å². The van der Waals surface area contributed by atoms with Gasteiger partial charge in [-0.2, -0.15) is 0 Å². The first-order chi connectivity index (χ1) is 6.27. The van der Waals surface area contributed by atoms with E-state index >= 15 is 0 Å². The summed E-state index contributed by atoms with van der Waals surface area (Å²) in [5.74, 6) is -0.638. The summed E-state index contributed by atoms with van der Waals surface area (Å²) >= 11 is 0. The number of hydrogen-bond acceptors (Lipinski definition) is 4. The highest BCUT2D eigenvalue weighted by atomic mass is 33.1. The van der Waals surface area contributed by atoms with Crippen LogP contribution in [0.25, 0.3) is 0 Å². The molecule has 2 aliphatic rings. The van der Waals surface area contributed by atoms with Gasteiger partial charge < -0.3 is 0 Å². The predicted molar refractivity (Wildman–Crippen MR) is 53.6 cm³/mol. The van der Waals surface area contributed by atoms with E-state index in [2.05, 4.69) is 5.32 Å². The number of carbonyl (C=O) groups is 2. The van der Waals surface area contributed by atoms with Crippen molar-refractivity contribution in [1.82, 2.24) is 5.32 Å². The molecule has 0 saturated heterocycles. The lowest BCUT2D eigenvalue weighted by atomic mass is 10.2. The van der Waals surface area contributed by atoms with Crippen LogP contribution >= 0.6 is 21.6 Å². The van der Waals surface area contributed by atoms with Gasteiger partial charge in [0.15, 0.2) is 0 Å². The zero-order chi connectivity index (χ0) is 9.26. The number of imide groups is 1. The van der Waals surface area contributed by atoms with Gasteiger partial charge in [-0.25, -0.2) is 0 Å². The van der Waals surface area contributed by atoms with Crippen LogP contribution in [-0.4, -0.2) is 11.8 Å². The Morgan fingerprint density at radius 3 is 2.69 bits per heavy atom. The van der Waals surface area contributed by atoms with Crippen LogP contribution in [0.4, 0.5) is 0 Å². The van der Waals surface area contributed by atoms with E-state index in [9.17, 15) is 9.59 Å². The average Bonchev–Trinajstić information content (AvgIpc) is 2.47. The van der Waals surface area contributed by atoms with E-state index in [1.807, 2.05) is 17.6 Å². The third-order valence-electron chi connectivity index (χ3n) is 1.54. The fourth-order valence-electron chi connectivity index (χ4n) is 0.996. The molecule has 0 radical (unpaired) electrons. The Bertz CT molecular complexity index is 368. The topological polar surface area (TPSA) is 46.2 Å². The highest BCUT2D eigenvalue weighted by Crippen LogP contribution is 2.39. The molecule has 0 aromatic carbocycles. The predicted octanol–water partition coefficient (Wildman–Crippen LogP) is 1.36. The molecule has 66 valence electrons. The van der Waals surface area contributed by atoms with Gasteiger partial charge in [0, 0.05) is 11.0 Å². The number of carbonyl (C=O) groups excluding carboxylic acids is 2. The molecule has 0 atom stereocenters. The molecule has 1 N–H and O–H groups in total. The first kappa shape index (κ1) is 8.65. The minimum Gasteiger partial charge on any atom is -0.289 e. The van der Waals surface area contributed by atoms with Crippen molar-refractivity contribution in [3.8, 4) is 0 Å². The molecule has 2 amide bonds. The van der Waals surface area contributed by atoms with Crippen molar-refractivity contribution in [2.75, 3.05) is 0 Å². The van der Waals surface area contributed by atoms with E-state index in [-0.39, 0.29) is 11.8 Å². The summed E-state index contributed by atoms with van der Waals surface area (Å²) in [6, 6.07) is 0. The van der Waals surface area contributed by atoms with E-state index in [0.717, 1.165) is 4.91 Å². The largest absolute Gasteiger partial charge is 0.289 e. The summed E-state index contributed by atoms with van der Waals surface area (Å²) in [5.41, 5.74) is 0.465. The van der Waals surface area contributed by atoms with Gasteiger partial charge in [-0.3, -0.25) is 14.9 Å². The van der Waals surface area contributed by atoms with Crippen LogP contribution in [0.1, 0.15) is 0 Å². The van der Waals surface area contributed by atoms with Crippen molar-refractivity contribution in [2.24, 2.45) is 0 Å². The molecule has 0 bridgehead atoms. The van der Waals surface area contributed by atoms with Crippen LogP contribution in [0.5, 0.6) is 0 Å². The quantitative estimate of drug-likeness (QED) is 0.525. The standard InChI is InChI=1S/C8H5NO2S2/c10-7-4-5(8(11)9-7)6-2-1-3-12-13-6/h1-4H,(H,9,10,11). The molecule has 0 aromatic rings. The van der Waals surface area contributed by atoms with Crippen LogP contribution in [-0.2, 0) is 9.59 Å². The summed E-state index contributed by atoms with van der Waals surface area (Å²) in [7, 11) is 3.00. The molecule has 13 heavy (non-hydrogen) atoms. The van der Waals surface area contributed by atoms with Crippen LogP contribution in [0.15, 0.2) is 34.1 Å². The van der Waals surface area contributed by atoms with Gasteiger partial charge in [0.25, 0.3) is 11.8 Å². The lowest BCUT2D eigenvalue weighted by molar-refractivity contribution is -0.123. The number of amides is 2. The molecule has 2 rings (SSSR count). The summed E-state index contributed by atoms with van der Waals surface area (Å²) in [5, 5.41) is 4.13. The monoisotopic (exact) mass is 211 g/mol. The first-order valence-corrected chi connectivity index (χ1v) is 5.76. The molecule has 2 aliphatic heterocycles. The molecule has 0 spiro atoms. The van der Waals surface area contributed by atoms with Gasteiger partial charge in [-0.05, 0) is 11.5 Å². The van der Waals surface area contributed by atoms with Crippen LogP contribution < -0.4 is 5.32 Å². The van der Waals surface area contributed by atoms with Crippen LogP contribution in [0, 0.1) is 0 Å². The third-order valence-corrected chi connectivity index (χ3v) is 3.60. The Morgan fingerprint density at radius 2 is 2.15 bits per heavy atom. The van der Waals surface area contributed by atoms with E-state index in [4.69, 9.17) is 0 Å². The van der Waals surface area contributed by atoms with Crippen LogP contribution in [0.2, 0.25) is 0 Å². The summed E-state index contributed by atoms with van der Waals surface area (Å²) < 4.78 is 0. The van der Waals surface area contributed by atoms with E-state index < -0.39 is 0 Å². The fourth-order valence-corrected chi connectivity index (χ4v) is 2.78. The molecule has 3 nitrogen and oxygen atoms in total. The minimum atomic E-state index is -0.332. The Kier molecular flexibility index (Phi) is 2.28. The SMILES string of the molecule is O=C1C=C(C2=CC=CSS2)C(=O)N1. The van der Waals surface area contributed by atoms with Gasteiger partial charge in [-0.15, -0.1) is 0 Å². The summed E-state index contributed by atoms with van der Waals surface area (Å²) in [6.45, 7) is 0. The van der Waals surface area contributed by atoms with Gasteiger partial charge >= 0.3 is 0 Å². The second kappa shape index (κ2) is 3.43. The van der Waals surface area contributed by atoms with Gasteiger partial charge in [0.1, 0.15) is 0 Å². The lowest BCUT2D eigenvalue weighted by Gasteiger charge is -2.05. The maximum atomic E-state index is 11.2. The molecule has 2 heterocycles. The van der Waals surface area contributed by atoms with E-state index in [0.29, 0.717) is 5.57 Å². The highest BCUT2D eigenvalue weighted by molar-refractivity contribution is 8.79. The van der Waals surface area contributed by atoms with E-state index in [1.54, 1.807) is 0 Å². The zero-order valence-corrected chi connectivity index (χ0v) is 8.08. The Hall–Kier alpha value is -0.940. The molecular weight excluding hydrogens is 206 g/mol. The van der Waals surface area contributed by atoms with Crippen molar-refractivity contribution in [3.05, 3.63) is 34.1 Å². The zero-order valence-electron chi connectivity index (χ0n) is 6.44. The summed E-state index contributed by atoms with van der Waals surface area (Å²) in [6.07, 6.45) is 5.01. The number of allylic oxidation sites excluding steroid dienone is 2. The minimum absolute atomic E-state index is 0.306. The lowest BCUT2D eigenvalue weighted by Crippen LogP contribution is -2.22. The number of rotatable bonds is 1. The highest BCUT2D eigenvalue weighted by Gasteiger charge is 2.24. The van der Waals surface area contributed by atoms with Gasteiger partial charge in [0.05, 0.1) is 5.57 Å². The molecule has 0 unspecified atom stereocenters. The number of nitrogens with one attached hydrogen (secondary N) is 1. The molecule has 0 saturated carbocycles.